The van der Waals surface area contributed by atoms with E-state index in [1.54, 1.807) is 16.9 Å². The summed E-state index contributed by atoms with van der Waals surface area (Å²) >= 11 is 0. The molecule has 6 heteroatoms. The second kappa shape index (κ2) is 6.16. The number of alkyl halides is 3. The molecule has 0 spiro atoms. The van der Waals surface area contributed by atoms with Crippen LogP contribution in [0.1, 0.15) is 50.8 Å². The van der Waals surface area contributed by atoms with Crippen LogP contribution in [0.2, 0.25) is 0 Å². The molecule has 1 aliphatic carbocycles. The van der Waals surface area contributed by atoms with E-state index in [4.69, 9.17) is 0 Å². The topological polar surface area (TPSA) is 38.0 Å². The van der Waals surface area contributed by atoms with Crippen LogP contribution in [0.25, 0.3) is 0 Å². The molecule has 3 nitrogen and oxygen atoms in total. The van der Waals surface area contributed by atoms with E-state index in [0.717, 1.165) is 12.8 Å². The minimum atomic E-state index is -4.23. The van der Waals surface area contributed by atoms with E-state index < -0.39 is 24.1 Å². The quantitative estimate of drug-likeness (QED) is 0.918. The lowest BCUT2D eigenvalue weighted by atomic mass is 9.75. The van der Waals surface area contributed by atoms with Gasteiger partial charge in [-0.2, -0.15) is 18.3 Å². The average Bonchev–Trinajstić information content (AvgIpc) is 2.85. The molecule has 1 aromatic rings. The molecule has 20 heavy (non-hydrogen) atoms. The fraction of sp³-hybridized carbons (Fsp3) is 0.786. The molecule has 0 saturated heterocycles. The number of halogens is 3. The lowest BCUT2D eigenvalue weighted by Gasteiger charge is -2.36. The molecule has 0 aliphatic heterocycles. The Morgan fingerprint density at radius 2 is 2.10 bits per heavy atom. The molecule has 1 saturated carbocycles. The first kappa shape index (κ1) is 15.4. The summed E-state index contributed by atoms with van der Waals surface area (Å²) in [7, 11) is 0. The summed E-state index contributed by atoms with van der Waals surface area (Å²) in [5.41, 5.74) is 0.507. The van der Waals surface area contributed by atoms with Crippen LogP contribution in [0.3, 0.4) is 0 Å². The maximum Gasteiger partial charge on any atom is 0.392 e. The van der Waals surface area contributed by atoms with Crippen LogP contribution < -0.4 is 0 Å². The van der Waals surface area contributed by atoms with Gasteiger partial charge in [0.2, 0.25) is 0 Å². The predicted octanol–water partition coefficient (Wildman–Crippen LogP) is 3.70. The highest BCUT2D eigenvalue weighted by atomic mass is 19.4. The van der Waals surface area contributed by atoms with Crippen LogP contribution in [-0.2, 0) is 6.54 Å². The van der Waals surface area contributed by atoms with Crippen LogP contribution in [-0.4, -0.2) is 21.1 Å². The van der Waals surface area contributed by atoms with Crippen LogP contribution in [0.4, 0.5) is 13.2 Å². The Morgan fingerprint density at radius 1 is 1.40 bits per heavy atom. The molecular weight excluding hydrogens is 269 g/mol. The fourth-order valence-corrected chi connectivity index (χ4v) is 3.16. The molecular formula is C14H21F3N2O. The summed E-state index contributed by atoms with van der Waals surface area (Å²) < 4.78 is 40.9. The van der Waals surface area contributed by atoms with Gasteiger partial charge in [-0.3, -0.25) is 4.68 Å². The zero-order valence-corrected chi connectivity index (χ0v) is 11.6. The Labute approximate surface area is 116 Å². The first-order chi connectivity index (χ1) is 9.45. The van der Waals surface area contributed by atoms with E-state index in [0.29, 0.717) is 25.1 Å². The molecule has 114 valence electrons. The lowest BCUT2D eigenvalue weighted by Crippen LogP contribution is -2.36. The van der Waals surface area contributed by atoms with Gasteiger partial charge < -0.3 is 5.11 Å². The van der Waals surface area contributed by atoms with Crippen molar-refractivity contribution >= 4 is 0 Å². The summed E-state index contributed by atoms with van der Waals surface area (Å²) in [6.45, 7) is 2.58. The van der Waals surface area contributed by atoms with Gasteiger partial charge in [-0.25, -0.2) is 0 Å². The fourth-order valence-electron chi connectivity index (χ4n) is 3.16. The zero-order valence-electron chi connectivity index (χ0n) is 11.6. The van der Waals surface area contributed by atoms with Crippen molar-refractivity contribution in [3.63, 3.8) is 0 Å². The van der Waals surface area contributed by atoms with Crippen molar-refractivity contribution in [1.29, 1.82) is 0 Å². The SMILES string of the molecule is CCCn1nccc1C(O)C1CCCCC1C(F)(F)F. The van der Waals surface area contributed by atoms with Crippen molar-refractivity contribution in [1.82, 2.24) is 9.78 Å². The van der Waals surface area contributed by atoms with Gasteiger partial charge in [0.1, 0.15) is 0 Å². The summed E-state index contributed by atoms with van der Waals surface area (Å²) in [5.74, 6) is -2.16. The first-order valence-corrected chi connectivity index (χ1v) is 7.21. The average molecular weight is 290 g/mol. The Kier molecular flexibility index (Phi) is 4.73. The van der Waals surface area contributed by atoms with Crippen molar-refractivity contribution in [2.75, 3.05) is 0 Å². The molecule has 1 aromatic heterocycles. The molecule has 3 unspecified atom stereocenters. The lowest BCUT2D eigenvalue weighted by molar-refractivity contribution is -0.207. The van der Waals surface area contributed by atoms with Crippen molar-refractivity contribution in [3.8, 4) is 0 Å². The Hall–Kier alpha value is -1.04. The summed E-state index contributed by atoms with van der Waals surface area (Å²) in [4.78, 5) is 0. The summed E-state index contributed by atoms with van der Waals surface area (Å²) in [5, 5.41) is 14.5. The van der Waals surface area contributed by atoms with Crippen LogP contribution >= 0.6 is 0 Å². The third kappa shape index (κ3) is 3.16. The molecule has 0 bridgehead atoms. The second-order valence-corrected chi connectivity index (χ2v) is 5.52. The largest absolute Gasteiger partial charge is 0.392 e. The van der Waals surface area contributed by atoms with Crippen molar-refractivity contribution in [2.24, 2.45) is 11.8 Å². The van der Waals surface area contributed by atoms with Gasteiger partial charge in [0.05, 0.1) is 17.7 Å². The van der Waals surface area contributed by atoms with Gasteiger partial charge in [0.15, 0.2) is 0 Å². The van der Waals surface area contributed by atoms with Gasteiger partial charge in [0, 0.05) is 18.7 Å². The Balaban J connectivity index is 2.21. The number of rotatable bonds is 4. The number of nitrogens with zero attached hydrogens (tertiary/aromatic N) is 2. The van der Waals surface area contributed by atoms with Crippen molar-refractivity contribution in [2.45, 2.75) is 57.9 Å². The molecule has 1 aliphatic rings. The number of hydrogen-bond donors (Lipinski definition) is 1. The molecule has 3 atom stereocenters. The standard InChI is InChI=1S/C14H21F3N2O/c1-2-9-19-12(7-8-18-19)13(20)10-5-3-4-6-11(10)14(15,16)17/h7-8,10-11,13,20H,2-6,9H2,1H3. The van der Waals surface area contributed by atoms with Crippen molar-refractivity contribution < 1.29 is 18.3 Å². The number of aliphatic hydroxyl groups excluding tert-OH is 1. The minimum absolute atomic E-state index is 0.118. The number of aliphatic hydroxyl groups is 1. The van der Waals surface area contributed by atoms with E-state index in [-0.39, 0.29) is 6.42 Å². The second-order valence-electron chi connectivity index (χ2n) is 5.52. The van der Waals surface area contributed by atoms with Gasteiger partial charge in [-0.05, 0) is 25.3 Å². The van der Waals surface area contributed by atoms with E-state index in [9.17, 15) is 18.3 Å². The highest BCUT2D eigenvalue weighted by Crippen LogP contribution is 2.46. The third-order valence-corrected chi connectivity index (χ3v) is 4.13. The number of aromatic nitrogens is 2. The van der Waals surface area contributed by atoms with Gasteiger partial charge in [-0.15, -0.1) is 0 Å². The molecule has 2 rings (SSSR count). The van der Waals surface area contributed by atoms with Gasteiger partial charge >= 0.3 is 6.18 Å². The molecule has 0 amide bonds. The summed E-state index contributed by atoms with van der Waals surface area (Å²) in [6.07, 6.45) is -1.08. The smallest absolute Gasteiger partial charge is 0.387 e. The van der Waals surface area contributed by atoms with Gasteiger partial charge in [-0.1, -0.05) is 19.8 Å². The molecule has 0 aromatic carbocycles. The highest BCUT2D eigenvalue weighted by molar-refractivity contribution is 5.07. The van der Waals surface area contributed by atoms with Crippen LogP contribution in [0, 0.1) is 11.8 Å². The maximum absolute atomic E-state index is 13.1. The van der Waals surface area contributed by atoms with E-state index in [2.05, 4.69) is 5.10 Å². The van der Waals surface area contributed by atoms with E-state index in [1.807, 2.05) is 6.92 Å². The van der Waals surface area contributed by atoms with E-state index >= 15 is 0 Å². The number of aryl methyl sites for hydroxylation is 1. The summed E-state index contributed by atoms with van der Waals surface area (Å²) in [6, 6.07) is 1.63. The van der Waals surface area contributed by atoms with Crippen molar-refractivity contribution in [3.05, 3.63) is 18.0 Å². The molecule has 1 heterocycles. The molecule has 1 fully saturated rings. The Morgan fingerprint density at radius 3 is 2.75 bits per heavy atom. The minimum Gasteiger partial charge on any atom is -0.387 e. The monoisotopic (exact) mass is 290 g/mol. The highest BCUT2D eigenvalue weighted by Gasteiger charge is 2.48. The molecule has 0 radical (unpaired) electrons. The molecule has 1 N–H and O–H groups in total. The maximum atomic E-state index is 13.1. The van der Waals surface area contributed by atoms with Crippen LogP contribution in [0.15, 0.2) is 12.3 Å². The van der Waals surface area contributed by atoms with Gasteiger partial charge in [0.25, 0.3) is 0 Å². The van der Waals surface area contributed by atoms with E-state index in [1.165, 1.54) is 0 Å². The first-order valence-electron chi connectivity index (χ1n) is 7.21. The Bertz CT molecular complexity index is 430. The third-order valence-electron chi connectivity index (χ3n) is 4.13. The predicted molar refractivity (Wildman–Crippen MR) is 69.0 cm³/mol. The zero-order chi connectivity index (χ0) is 14.8. The van der Waals surface area contributed by atoms with Crippen LogP contribution in [0.5, 0.6) is 0 Å². The number of hydrogen-bond acceptors (Lipinski definition) is 2. The normalized spacial score (nSPS) is 25.6.